The zero-order valence-corrected chi connectivity index (χ0v) is 17.5. The lowest BCUT2D eigenvalue weighted by atomic mass is 10.1. The van der Waals surface area contributed by atoms with Crippen LogP contribution >= 0.6 is 23.2 Å². The second-order valence-electron chi connectivity index (χ2n) is 8.50. The van der Waals surface area contributed by atoms with Gasteiger partial charge in [-0.2, -0.15) is 0 Å². The molecule has 0 N–H and O–H groups in total. The molecule has 150 valence electrons. The molecule has 1 unspecified atom stereocenters. The first-order valence-corrected chi connectivity index (χ1v) is 11.1. The number of halogens is 2. The third-order valence-corrected chi connectivity index (χ3v) is 7.32. The van der Waals surface area contributed by atoms with Crippen LogP contribution in [0.15, 0.2) is 30.5 Å². The Kier molecular flexibility index (Phi) is 4.26. The molecule has 0 amide bonds. The van der Waals surface area contributed by atoms with Gasteiger partial charge in [0.2, 0.25) is 0 Å². The molecule has 1 aromatic carbocycles. The number of benzene rings is 1. The van der Waals surface area contributed by atoms with Gasteiger partial charge in [-0.05, 0) is 48.4 Å². The minimum Gasteiger partial charge on any atom is -0.492 e. The molecule has 0 bridgehead atoms. The summed E-state index contributed by atoms with van der Waals surface area (Å²) in [6, 6.07) is 7.51. The molecule has 2 fully saturated rings. The second kappa shape index (κ2) is 6.86. The predicted molar refractivity (Wildman–Crippen MR) is 114 cm³/mol. The fourth-order valence-electron chi connectivity index (χ4n) is 5.25. The number of rotatable bonds is 5. The summed E-state index contributed by atoms with van der Waals surface area (Å²) in [6.45, 7) is 4.92. The van der Waals surface area contributed by atoms with E-state index in [2.05, 4.69) is 20.5 Å². The number of pyridine rings is 1. The lowest BCUT2D eigenvalue weighted by molar-refractivity contribution is 0.226. The highest BCUT2D eigenvalue weighted by molar-refractivity contribution is 6.34. The summed E-state index contributed by atoms with van der Waals surface area (Å²) in [6.07, 6.45) is 4.22. The molecule has 4 heterocycles. The van der Waals surface area contributed by atoms with Gasteiger partial charge >= 0.3 is 0 Å². The van der Waals surface area contributed by atoms with E-state index in [4.69, 9.17) is 32.9 Å². The highest BCUT2D eigenvalue weighted by atomic mass is 35.5. The molecule has 5 nitrogen and oxygen atoms in total. The maximum absolute atomic E-state index is 6.21. The molecular weight excluding hydrogens is 407 g/mol. The van der Waals surface area contributed by atoms with Crippen molar-refractivity contribution in [1.29, 1.82) is 0 Å². The summed E-state index contributed by atoms with van der Waals surface area (Å²) in [7, 11) is 0. The maximum atomic E-state index is 6.21. The topological polar surface area (TPSA) is 43.2 Å². The van der Waals surface area contributed by atoms with E-state index in [0.717, 1.165) is 44.9 Å². The number of hydrogen-bond acceptors (Lipinski definition) is 4. The first kappa shape index (κ1) is 18.0. The van der Waals surface area contributed by atoms with E-state index in [1.165, 1.54) is 23.3 Å². The van der Waals surface area contributed by atoms with Crippen LogP contribution in [0.2, 0.25) is 10.0 Å². The molecule has 1 saturated heterocycles. The summed E-state index contributed by atoms with van der Waals surface area (Å²) in [5.41, 5.74) is 3.55. The molecule has 3 aromatic rings. The van der Waals surface area contributed by atoms with Gasteiger partial charge in [0.15, 0.2) is 5.65 Å². The van der Waals surface area contributed by atoms with Crippen molar-refractivity contribution in [3.63, 3.8) is 0 Å². The fraction of sp³-hybridized carbons (Fsp3) is 0.455. The largest absolute Gasteiger partial charge is 0.492 e. The van der Waals surface area contributed by atoms with Crippen LogP contribution in [-0.2, 0) is 19.5 Å². The molecule has 0 radical (unpaired) electrons. The lowest BCUT2D eigenvalue weighted by Crippen LogP contribution is -2.27. The molecule has 2 aromatic heterocycles. The van der Waals surface area contributed by atoms with Gasteiger partial charge in [0.1, 0.15) is 11.6 Å². The van der Waals surface area contributed by atoms with Gasteiger partial charge in [-0.1, -0.05) is 23.2 Å². The van der Waals surface area contributed by atoms with E-state index in [-0.39, 0.29) is 0 Å². The number of likely N-dealkylation sites (tertiary alicyclic amines) is 1. The van der Waals surface area contributed by atoms with Crippen LogP contribution in [0.4, 0.5) is 0 Å². The summed E-state index contributed by atoms with van der Waals surface area (Å²) in [5.74, 6) is 3.90. The van der Waals surface area contributed by atoms with Crippen molar-refractivity contribution >= 4 is 34.4 Å². The second-order valence-corrected chi connectivity index (χ2v) is 9.34. The third-order valence-electron chi connectivity index (χ3n) is 6.77. The van der Waals surface area contributed by atoms with Crippen LogP contribution in [0.3, 0.4) is 0 Å². The Hall–Kier alpha value is -1.82. The van der Waals surface area contributed by atoms with Gasteiger partial charge in [0, 0.05) is 42.8 Å². The van der Waals surface area contributed by atoms with E-state index in [0.29, 0.717) is 33.5 Å². The minimum atomic E-state index is 0.618. The minimum absolute atomic E-state index is 0.618. The molecule has 2 aliphatic heterocycles. The molecule has 1 aliphatic carbocycles. The first-order valence-electron chi connectivity index (χ1n) is 10.3. The van der Waals surface area contributed by atoms with Crippen LogP contribution < -0.4 is 4.74 Å². The number of ether oxygens (including phenoxy) is 1. The quantitative estimate of drug-likeness (QED) is 0.602. The lowest BCUT2D eigenvalue weighted by Gasteiger charge is -2.21. The van der Waals surface area contributed by atoms with Crippen LogP contribution in [0.25, 0.3) is 11.2 Å². The van der Waals surface area contributed by atoms with E-state index >= 15 is 0 Å². The van der Waals surface area contributed by atoms with Gasteiger partial charge < -0.3 is 9.30 Å². The van der Waals surface area contributed by atoms with E-state index in [9.17, 15) is 0 Å². The van der Waals surface area contributed by atoms with E-state index in [1.54, 1.807) is 18.2 Å². The van der Waals surface area contributed by atoms with Crippen molar-refractivity contribution in [1.82, 2.24) is 19.4 Å². The average molecular weight is 429 g/mol. The van der Waals surface area contributed by atoms with Crippen molar-refractivity contribution in [2.24, 2.45) is 17.8 Å². The van der Waals surface area contributed by atoms with Crippen molar-refractivity contribution in [2.75, 3.05) is 19.7 Å². The highest BCUT2D eigenvalue weighted by Gasteiger charge is 2.55. The molecule has 3 aliphatic rings. The number of hydrogen-bond donors (Lipinski definition) is 0. The highest BCUT2D eigenvalue weighted by Crippen LogP contribution is 2.52. The van der Waals surface area contributed by atoms with Crippen molar-refractivity contribution in [3.8, 4) is 5.75 Å². The Labute approximate surface area is 179 Å². The molecule has 7 heteroatoms. The van der Waals surface area contributed by atoms with Crippen molar-refractivity contribution < 1.29 is 4.74 Å². The molecule has 6 rings (SSSR count). The standard InChI is InChI=1S/C22H22Cl2N4O/c23-14-3-4-18(24)19(8-14)29-12-17-15-9-27(10-16(15)17)11-20-26-22-21-13(5-6-25-22)2-1-7-28(20)21/h3-6,8,15-17H,1-2,7,9-12H2/t15-,16+,17?. The SMILES string of the molecule is Clc1ccc(Cl)c(OCC2[C@H]3CN(Cc4nc5nccc6c5n4CCC6)C[C@@H]23)c1. The van der Waals surface area contributed by atoms with Crippen molar-refractivity contribution in [3.05, 3.63) is 51.9 Å². The summed E-state index contributed by atoms with van der Waals surface area (Å²) in [5, 5.41) is 1.27. The number of piperidine rings is 1. The van der Waals surface area contributed by atoms with Crippen LogP contribution in [0.1, 0.15) is 17.8 Å². The molecule has 3 atom stereocenters. The predicted octanol–water partition coefficient (Wildman–Crippen LogP) is 4.44. The normalized spacial score (nSPS) is 25.4. The fourth-order valence-corrected chi connectivity index (χ4v) is 5.58. The maximum Gasteiger partial charge on any atom is 0.178 e. The molecule has 0 spiro atoms. The van der Waals surface area contributed by atoms with Crippen LogP contribution in [0, 0.1) is 17.8 Å². The zero-order chi connectivity index (χ0) is 19.5. The number of fused-ring (bicyclic) bond motifs is 1. The van der Waals surface area contributed by atoms with Crippen LogP contribution in [0.5, 0.6) is 5.75 Å². The van der Waals surface area contributed by atoms with Gasteiger partial charge in [0.05, 0.1) is 23.7 Å². The summed E-state index contributed by atoms with van der Waals surface area (Å²) < 4.78 is 8.36. The Balaban J connectivity index is 1.09. The van der Waals surface area contributed by atoms with Gasteiger partial charge in [-0.25, -0.2) is 9.97 Å². The number of nitrogens with zero attached hydrogens (tertiary/aromatic N) is 4. The Morgan fingerprint density at radius 1 is 1.14 bits per heavy atom. The number of aromatic nitrogens is 3. The zero-order valence-electron chi connectivity index (χ0n) is 16.0. The molecule has 1 saturated carbocycles. The smallest absolute Gasteiger partial charge is 0.178 e. The number of imidazole rings is 1. The van der Waals surface area contributed by atoms with Crippen LogP contribution in [-0.4, -0.2) is 39.1 Å². The Morgan fingerprint density at radius 3 is 2.86 bits per heavy atom. The third kappa shape index (κ3) is 3.11. The van der Waals surface area contributed by atoms with E-state index < -0.39 is 0 Å². The summed E-state index contributed by atoms with van der Waals surface area (Å²) in [4.78, 5) is 11.9. The van der Waals surface area contributed by atoms with Gasteiger partial charge in [0.25, 0.3) is 0 Å². The van der Waals surface area contributed by atoms with E-state index in [1.807, 2.05) is 6.20 Å². The Morgan fingerprint density at radius 2 is 2.00 bits per heavy atom. The summed E-state index contributed by atoms with van der Waals surface area (Å²) >= 11 is 12.3. The average Bonchev–Trinajstić information content (AvgIpc) is 3.03. The van der Waals surface area contributed by atoms with Crippen molar-refractivity contribution in [2.45, 2.75) is 25.9 Å². The van der Waals surface area contributed by atoms with Gasteiger partial charge in [-0.15, -0.1) is 0 Å². The molecular formula is C22H22Cl2N4O. The van der Waals surface area contributed by atoms with Gasteiger partial charge in [-0.3, -0.25) is 4.90 Å². The Bertz CT molecular complexity index is 1090. The number of aryl methyl sites for hydroxylation is 2. The monoisotopic (exact) mass is 428 g/mol. The molecule has 29 heavy (non-hydrogen) atoms. The first-order chi connectivity index (χ1) is 14.2.